The fourth-order valence-corrected chi connectivity index (χ4v) is 1.59. The lowest BCUT2D eigenvalue weighted by atomic mass is 10.2. The van der Waals surface area contributed by atoms with Crippen LogP contribution in [0, 0.1) is 11.8 Å². The number of rotatable bonds is 2. The molecule has 0 aliphatic heterocycles. The van der Waals surface area contributed by atoms with E-state index in [2.05, 4.69) is 22.1 Å². The highest BCUT2D eigenvalue weighted by atomic mass is 16.2. The topological polar surface area (TPSA) is 67.2 Å². The number of imidazole rings is 1. The van der Waals surface area contributed by atoms with Gasteiger partial charge in [0.1, 0.15) is 12.3 Å². The third kappa shape index (κ3) is 3.21. The Kier molecular flexibility index (Phi) is 3.96. The number of amides is 1. The van der Waals surface area contributed by atoms with Crippen LogP contribution in [0.25, 0.3) is 0 Å². The summed E-state index contributed by atoms with van der Waals surface area (Å²) in [4.78, 5) is 15.9. The van der Waals surface area contributed by atoms with Crippen molar-refractivity contribution in [2.45, 2.75) is 0 Å². The number of hydrogen-bond acceptors (Lipinski definition) is 3. The lowest BCUT2D eigenvalue weighted by Gasteiger charge is -2.05. The zero-order valence-electron chi connectivity index (χ0n) is 10.4. The maximum absolute atomic E-state index is 12.0. The van der Waals surface area contributed by atoms with Crippen molar-refractivity contribution in [2.24, 2.45) is 7.05 Å². The molecule has 0 aliphatic carbocycles. The van der Waals surface area contributed by atoms with Crippen LogP contribution in [0.4, 0.5) is 5.69 Å². The van der Waals surface area contributed by atoms with Crippen LogP contribution in [0.5, 0.6) is 0 Å². The number of benzene rings is 1. The molecule has 0 bridgehead atoms. The molecule has 0 saturated heterocycles. The molecule has 5 heteroatoms. The summed E-state index contributed by atoms with van der Waals surface area (Å²) < 4.78 is 1.64. The predicted octanol–water partition coefficient (Wildman–Crippen LogP) is 1.02. The first-order valence-electron chi connectivity index (χ1n) is 5.68. The number of hydrogen-bond donors (Lipinski definition) is 2. The number of aromatic nitrogens is 2. The molecule has 0 spiro atoms. The van der Waals surface area contributed by atoms with Gasteiger partial charge in [0.15, 0.2) is 0 Å². The largest absolute Gasteiger partial charge is 0.384 e. The van der Waals surface area contributed by atoms with Crippen molar-refractivity contribution in [3.8, 4) is 11.8 Å². The summed E-state index contributed by atoms with van der Waals surface area (Å²) in [6.45, 7) is -0.189. The SMILES string of the molecule is Cn1cncc1C(=O)Nc1cccc(C#CCO)c1. The molecule has 5 nitrogen and oxygen atoms in total. The average Bonchev–Trinajstić information content (AvgIpc) is 2.83. The second-order valence-electron chi connectivity index (χ2n) is 3.88. The first-order valence-corrected chi connectivity index (χ1v) is 5.68. The molecule has 1 heterocycles. The van der Waals surface area contributed by atoms with Gasteiger partial charge in [-0.3, -0.25) is 4.79 Å². The lowest BCUT2D eigenvalue weighted by molar-refractivity contribution is 0.101. The molecule has 1 amide bonds. The molecular formula is C14H13N3O2. The van der Waals surface area contributed by atoms with Gasteiger partial charge >= 0.3 is 0 Å². The van der Waals surface area contributed by atoms with Crippen molar-refractivity contribution in [3.63, 3.8) is 0 Å². The molecule has 0 radical (unpaired) electrons. The van der Waals surface area contributed by atoms with E-state index in [9.17, 15) is 4.79 Å². The molecule has 0 atom stereocenters. The fourth-order valence-electron chi connectivity index (χ4n) is 1.59. The van der Waals surface area contributed by atoms with Gasteiger partial charge in [0, 0.05) is 18.3 Å². The van der Waals surface area contributed by atoms with Gasteiger partial charge in [0.2, 0.25) is 0 Å². The molecule has 0 aliphatic rings. The third-order valence-electron chi connectivity index (χ3n) is 2.48. The number of aliphatic hydroxyl groups excluding tert-OH is 1. The number of nitrogens with zero attached hydrogens (tertiary/aromatic N) is 2. The second kappa shape index (κ2) is 5.85. The van der Waals surface area contributed by atoms with Crippen LogP contribution in [0.1, 0.15) is 16.1 Å². The Labute approximate surface area is 110 Å². The molecule has 0 unspecified atom stereocenters. The Morgan fingerprint density at radius 3 is 3.05 bits per heavy atom. The van der Waals surface area contributed by atoms with Crippen LogP contribution >= 0.6 is 0 Å². The number of nitrogens with one attached hydrogen (secondary N) is 1. The molecular weight excluding hydrogens is 242 g/mol. The fraction of sp³-hybridized carbons (Fsp3) is 0.143. The molecule has 2 aromatic rings. The van der Waals surface area contributed by atoms with Gasteiger partial charge in [-0.2, -0.15) is 0 Å². The van der Waals surface area contributed by atoms with Crippen molar-refractivity contribution >= 4 is 11.6 Å². The molecule has 96 valence electrons. The molecule has 0 saturated carbocycles. The number of carbonyl (C=O) groups is 1. The minimum Gasteiger partial charge on any atom is -0.384 e. The molecule has 19 heavy (non-hydrogen) atoms. The lowest BCUT2D eigenvalue weighted by Crippen LogP contribution is -2.15. The monoisotopic (exact) mass is 255 g/mol. The number of aliphatic hydroxyl groups is 1. The number of carbonyl (C=O) groups excluding carboxylic acids is 1. The van der Waals surface area contributed by atoms with E-state index in [-0.39, 0.29) is 12.5 Å². The zero-order chi connectivity index (χ0) is 13.7. The first kappa shape index (κ1) is 12.9. The molecule has 1 aromatic carbocycles. The van der Waals surface area contributed by atoms with Crippen molar-refractivity contribution in [1.82, 2.24) is 9.55 Å². The van der Waals surface area contributed by atoms with Crippen LogP contribution in [0.3, 0.4) is 0 Å². The second-order valence-corrected chi connectivity index (χ2v) is 3.88. The molecule has 2 rings (SSSR count). The summed E-state index contributed by atoms with van der Waals surface area (Å²) in [7, 11) is 1.76. The van der Waals surface area contributed by atoms with Crippen LogP contribution in [0.15, 0.2) is 36.8 Å². The standard InChI is InChI=1S/C14H13N3O2/c1-17-10-15-9-13(17)14(19)16-12-6-2-4-11(8-12)5-3-7-18/h2,4,6,8-10,18H,7H2,1H3,(H,16,19). The van der Waals surface area contributed by atoms with E-state index < -0.39 is 0 Å². The van der Waals surface area contributed by atoms with Gasteiger partial charge in [-0.1, -0.05) is 17.9 Å². The van der Waals surface area contributed by atoms with E-state index in [1.54, 1.807) is 36.1 Å². The minimum atomic E-state index is -0.229. The summed E-state index contributed by atoms with van der Waals surface area (Å²) in [5, 5.41) is 11.4. The van der Waals surface area contributed by atoms with Gasteiger partial charge in [-0.15, -0.1) is 0 Å². The summed E-state index contributed by atoms with van der Waals surface area (Å²) in [6, 6.07) is 7.12. The van der Waals surface area contributed by atoms with E-state index >= 15 is 0 Å². The Balaban J connectivity index is 2.15. The van der Waals surface area contributed by atoms with Crippen LogP contribution in [-0.4, -0.2) is 27.2 Å². The summed E-state index contributed by atoms with van der Waals surface area (Å²) in [5.41, 5.74) is 1.86. The summed E-state index contributed by atoms with van der Waals surface area (Å²) >= 11 is 0. The zero-order valence-corrected chi connectivity index (χ0v) is 10.4. The molecule has 0 fully saturated rings. The maximum atomic E-state index is 12.0. The van der Waals surface area contributed by atoms with Crippen LogP contribution in [-0.2, 0) is 7.05 Å². The number of anilines is 1. The highest BCUT2D eigenvalue weighted by Gasteiger charge is 2.09. The smallest absolute Gasteiger partial charge is 0.273 e. The van der Waals surface area contributed by atoms with Crippen molar-refractivity contribution in [3.05, 3.63) is 48.0 Å². The Hall–Kier alpha value is -2.58. The number of aryl methyl sites for hydroxylation is 1. The first-order chi connectivity index (χ1) is 9.20. The van der Waals surface area contributed by atoms with E-state index in [0.29, 0.717) is 11.4 Å². The summed E-state index contributed by atoms with van der Waals surface area (Å²) in [5.74, 6) is 5.12. The van der Waals surface area contributed by atoms with Crippen molar-refractivity contribution in [1.29, 1.82) is 0 Å². The highest BCUT2D eigenvalue weighted by molar-refractivity contribution is 6.03. The van der Waals surface area contributed by atoms with Crippen molar-refractivity contribution in [2.75, 3.05) is 11.9 Å². The van der Waals surface area contributed by atoms with Gasteiger partial charge in [-0.05, 0) is 18.2 Å². The van der Waals surface area contributed by atoms with E-state index in [1.807, 2.05) is 6.07 Å². The van der Waals surface area contributed by atoms with Gasteiger partial charge < -0.3 is 15.0 Å². The third-order valence-corrected chi connectivity index (χ3v) is 2.48. The van der Waals surface area contributed by atoms with Crippen LogP contribution in [0.2, 0.25) is 0 Å². The van der Waals surface area contributed by atoms with E-state index in [1.165, 1.54) is 6.20 Å². The predicted molar refractivity (Wildman–Crippen MR) is 71.6 cm³/mol. The minimum absolute atomic E-state index is 0.189. The molecule has 1 aromatic heterocycles. The molecule has 2 N–H and O–H groups in total. The van der Waals surface area contributed by atoms with E-state index in [0.717, 1.165) is 5.56 Å². The Morgan fingerprint density at radius 1 is 1.53 bits per heavy atom. The van der Waals surface area contributed by atoms with Gasteiger partial charge in [0.25, 0.3) is 5.91 Å². The normalized spacial score (nSPS) is 9.58. The van der Waals surface area contributed by atoms with Gasteiger partial charge in [-0.25, -0.2) is 4.98 Å². The summed E-state index contributed by atoms with van der Waals surface area (Å²) in [6.07, 6.45) is 3.07. The Morgan fingerprint density at radius 2 is 2.37 bits per heavy atom. The van der Waals surface area contributed by atoms with Crippen LogP contribution < -0.4 is 5.32 Å². The van der Waals surface area contributed by atoms with Gasteiger partial charge in [0.05, 0.1) is 12.5 Å². The average molecular weight is 255 g/mol. The van der Waals surface area contributed by atoms with E-state index in [4.69, 9.17) is 5.11 Å². The highest BCUT2D eigenvalue weighted by Crippen LogP contribution is 2.11. The quantitative estimate of drug-likeness (QED) is 0.787. The Bertz CT molecular complexity index is 650. The maximum Gasteiger partial charge on any atom is 0.273 e. The van der Waals surface area contributed by atoms with Crippen molar-refractivity contribution < 1.29 is 9.90 Å².